The summed E-state index contributed by atoms with van der Waals surface area (Å²) >= 11 is 2.01. The SMILES string of the molecule is CC(C(=O)C1CCOC2(CCSCC2)C1)c1ccccc1. The summed E-state index contributed by atoms with van der Waals surface area (Å²) in [5.74, 6) is 2.94. The highest BCUT2D eigenvalue weighted by Gasteiger charge is 2.41. The van der Waals surface area contributed by atoms with Crippen molar-refractivity contribution in [1.29, 1.82) is 0 Å². The summed E-state index contributed by atoms with van der Waals surface area (Å²) in [6, 6.07) is 10.2. The van der Waals surface area contributed by atoms with Crippen LogP contribution in [0.3, 0.4) is 0 Å². The second kappa shape index (κ2) is 6.53. The van der Waals surface area contributed by atoms with Gasteiger partial charge >= 0.3 is 0 Å². The molecule has 2 aliphatic rings. The predicted molar refractivity (Wildman–Crippen MR) is 87.8 cm³/mol. The lowest BCUT2D eigenvalue weighted by molar-refractivity contribution is -0.139. The van der Waals surface area contributed by atoms with Crippen molar-refractivity contribution in [3.63, 3.8) is 0 Å². The quantitative estimate of drug-likeness (QED) is 0.842. The zero-order chi connectivity index (χ0) is 14.7. The van der Waals surface area contributed by atoms with Crippen LogP contribution in [0.15, 0.2) is 30.3 Å². The monoisotopic (exact) mass is 304 g/mol. The number of ether oxygens (including phenoxy) is 1. The molecule has 2 heterocycles. The lowest BCUT2D eigenvalue weighted by Gasteiger charge is -2.43. The topological polar surface area (TPSA) is 26.3 Å². The molecule has 2 unspecified atom stereocenters. The van der Waals surface area contributed by atoms with E-state index >= 15 is 0 Å². The molecule has 0 aliphatic carbocycles. The van der Waals surface area contributed by atoms with Gasteiger partial charge in [0.25, 0.3) is 0 Å². The number of rotatable bonds is 3. The number of benzene rings is 1. The Morgan fingerprint density at radius 2 is 2.00 bits per heavy atom. The lowest BCUT2D eigenvalue weighted by Crippen LogP contribution is -2.45. The number of thioether (sulfide) groups is 1. The zero-order valence-corrected chi connectivity index (χ0v) is 13.5. The van der Waals surface area contributed by atoms with Crippen molar-refractivity contribution in [2.24, 2.45) is 5.92 Å². The highest BCUT2D eigenvalue weighted by Crippen LogP contribution is 2.41. The van der Waals surface area contributed by atoms with E-state index in [1.165, 1.54) is 11.5 Å². The van der Waals surface area contributed by atoms with Crippen molar-refractivity contribution in [2.45, 2.75) is 44.1 Å². The molecule has 1 spiro atoms. The number of hydrogen-bond acceptors (Lipinski definition) is 3. The van der Waals surface area contributed by atoms with E-state index in [0.717, 1.165) is 37.9 Å². The third-order valence-corrected chi connectivity index (χ3v) is 6.01. The van der Waals surface area contributed by atoms with Gasteiger partial charge in [-0.3, -0.25) is 4.79 Å². The Hall–Kier alpha value is -0.800. The molecule has 2 aliphatic heterocycles. The van der Waals surface area contributed by atoms with Crippen molar-refractivity contribution < 1.29 is 9.53 Å². The standard InChI is InChI=1S/C18H24O2S/c1-14(15-5-3-2-4-6-15)17(19)16-7-10-20-18(13-16)8-11-21-12-9-18/h2-6,14,16H,7-13H2,1H3. The van der Waals surface area contributed by atoms with Gasteiger partial charge in [-0.05, 0) is 42.8 Å². The maximum atomic E-state index is 12.9. The van der Waals surface area contributed by atoms with E-state index in [4.69, 9.17) is 4.74 Å². The van der Waals surface area contributed by atoms with Crippen molar-refractivity contribution in [3.05, 3.63) is 35.9 Å². The molecule has 0 saturated carbocycles. The van der Waals surface area contributed by atoms with Gasteiger partial charge in [0.05, 0.1) is 5.60 Å². The lowest BCUT2D eigenvalue weighted by atomic mass is 9.76. The number of carbonyl (C=O) groups excluding carboxylic acids is 1. The molecule has 2 fully saturated rings. The summed E-state index contributed by atoms with van der Waals surface area (Å²) in [7, 11) is 0. The molecule has 0 radical (unpaired) electrons. The molecule has 2 atom stereocenters. The predicted octanol–water partition coefficient (Wildman–Crippen LogP) is 4.05. The Morgan fingerprint density at radius 1 is 1.29 bits per heavy atom. The van der Waals surface area contributed by atoms with Gasteiger partial charge in [-0.2, -0.15) is 11.8 Å². The minimum absolute atomic E-state index is 0.000233. The van der Waals surface area contributed by atoms with Crippen molar-refractivity contribution in [2.75, 3.05) is 18.1 Å². The molecule has 3 rings (SSSR count). The molecular formula is C18H24O2S. The molecule has 21 heavy (non-hydrogen) atoms. The van der Waals surface area contributed by atoms with Gasteiger partial charge < -0.3 is 4.74 Å². The van der Waals surface area contributed by atoms with E-state index in [9.17, 15) is 4.79 Å². The largest absolute Gasteiger partial charge is 0.375 e. The highest BCUT2D eigenvalue weighted by molar-refractivity contribution is 7.99. The van der Waals surface area contributed by atoms with Gasteiger partial charge in [0.15, 0.2) is 0 Å². The van der Waals surface area contributed by atoms with E-state index in [0.29, 0.717) is 5.78 Å². The van der Waals surface area contributed by atoms with Crippen molar-refractivity contribution >= 4 is 17.5 Å². The normalized spacial score (nSPS) is 26.4. The van der Waals surface area contributed by atoms with Gasteiger partial charge in [-0.1, -0.05) is 37.3 Å². The van der Waals surface area contributed by atoms with Crippen LogP contribution in [0.25, 0.3) is 0 Å². The van der Waals surface area contributed by atoms with Crippen LogP contribution < -0.4 is 0 Å². The van der Waals surface area contributed by atoms with E-state index in [2.05, 4.69) is 19.1 Å². The smallest absolute Gasteiger partial charge is 0.143 e. The van der Waals surface area contributed by atoms with Crippen LogP contribution >= 0.6 is 11.8 Å². The fraction of sp³-hybridized carbons (Fsp3) is 0.611. The van der Waals surface area contributed by atoms with E-state index in [-0.39, 0.29) is 17.4 Å². The zero-order valence-electron chi connectivity index (χ0n) is 12.7. The number of hydrogen-bond donors (Lipinski definition) is 0. The molecule has 0 bridgehead atoms. The van der Waals surface area contributed by atoms with E-state index in [1.807, 2.05) is 30.0 Å². The van der Waals surface area contributed by atoms with Crippen LogP contribution in [0, 0.1) is 5.92 Å². The summed E-state index contributed by atoms with van der Waals surface area (Å²) in [5.41, 5.74) is 1.14. The van der Waals surface area contributed by atoms with Crippen LogP contribution in [-0.2, 0) is 9.53 Å². The molecule has 3 heteroatoms. The summed E-state index contributed by atoms with van der Waals surface area (Å²) in [6.07, 6.45) is 4.05. The minimum Gasteiger partial charge on any atom is -0.375 e. The van der Waals surface area contributed by atoms with Crippen LogP contribution in [0.4, 0.5) is 0 Å². The molecular weight excluding hydrogens is 280 g/mol. The number of Topliss-reactive ketones (excluding diaryl/α,β-unsaturated/α-hetero) is 1. The Balaban J connectivity index is 1.69. The molecule has 0 aromatic heterocycles. The third kappa shape index (κ3) is 3.35. The van der Waals surface area contributed by atoms with E-state index < -0.39 is 0 Å². The first-order valence-electron chi connectivity index (χ1n) is 8.01. The van der Waals surface area contributed by atoms with Gasteiger partial charge in [-0.25, -0.2) is 0 Å². The Morgan fingerprint density at radius 3 is 2.71 bits per heavy atom. The number of ketones is 1. The molecule has 1 aromatic rings. The summed E-state index contributed by atoms with van der Waals surface area (Å²) in [5, 5.41) is 0. The first-order valence-corrected chi connectivity index (χ1v) is 9.16. The molecule has 2 saturated heterocycles. The number of carbonyl (C=O) groups is 1. The van der Waals surface area contributed by atoms with Crippen LogP contribution in [-0.4, -0.2) is 29.5 Å². The van der Waals surface area contributed by atoms with Gasteiger partial charge in [0, 0.05) is 18.4 Å². The molecule has 2 nitrogen and oxygen atoms in total. The maximum absolute atomic E-state index is 12.9. The Bertz CT molecular complexity index is 474. The van der Waals surface area contributed by atoms with Crippen LogP contribution in [0.5, 0.6) is 0 Å². The first kappa shape index (κ1) is 15.1. The minimum atomic E-state index is 0.000233. The maximum Gasteiger partial charge on any atom is 0.143 e. The van der Waals surface area contributed by atoms with Crippen LogP contribution in [0.2, 0.25) is 0 Å². The Labute approximate surface area is 131 Å². The summed E-state index contributed by atoms with van der Waals surface area (Å²) in [4.78, 5) is 12.9. The van der Waals surface area contributed by atoms with Crippen molar-refractivity contribution in [3.8, 4) is 0 Å². The van der Waals surface area contributed by atoms with E-state index in [1.54, 1.807) is 0 Å². The summed E-state index contributed by atoms with van der Waals surface area (Å²) in [6.45, 7) is 2.80. The van der Waals surface area contributed by atoms with Crippen molar-refractivity contribution in [1.82, 2.24) is 0 Å². The summed E-state index contributed by atoms with van der Waals surface area (Å²) < 4.78 is 6.11. The van der Waals surface area contributed by atoms with Gasteiger partial charge in [-0.15, -0.1) is 0 Å². The highest BCUT2D eigenvalue weighted by atomic mass is 32.2. The fourth-order valence-corrected chi connectivity index (χ4v) is 4.86. The molecule has 1 aromatic carbocycles. The molecule has 114 valence electrons. The average molecular weight is 304 g/mol. The fourth-order valence-electron chi connectivity index (χ4n) is 3.62. The Kier molecular flexibility index (Phi) is 4.70. The second-order valence-corrected chi connectivity index (χ2v) is 7.59. The second-order valence-electron chi connectivity index (χ2n) is 6.37. The first-order chi connectivity index (χ1) is 10.2. The molecule has 0 amide bonds. The van der Waals surface area contributed by atoms with Gasteiger partial charge in [0.1, 0.15) is 5.78 Å². The van der Waals surface area contributed by atoms with Gasteiger partial charge in [0.2, 0.25) is 0 Å². The average Bonchev–Trinajstić information content (AvgIpc) is 2.55. The van der Waals surface area contributed by atoms with Crippen LogP contribution in [0.1, 0.15) is 44.1 Å². The third-order valence-electron chi connectivity index (χ3n) is 5.03. The molecule has 0 N–H and O–H groups in total.